The van der Waals surface area contributed by atoms with Gasteiger partial charge in [0.15, 0.2) is 0 Å². The molecule has 0 amide bonds. The van der Waals surface area contributed by atoms with Gasteiger partial charge in [0.25, 0.3) is 6.71 Å². The number of benzene rings is 4. The first-order chi connectivity index (χ1) is 15.2. The van der Waals surface area contributed by atoms with Crippen molar-refractivity contribution >= 4 is 45.2 Å². The number of aromatic nitrogens is 2. The number of aryl methyl sites for hydroxylation is 2. The molecule has 7 rings (SSSR count). The maximum absolute atomic E-state index is 6.34. The normalized spacial score (nSPS) is 12.7. The van der Waals surface area contributed by atoms with E-state index in [1.54, 1.807) is 0 Å². The lowest BCUT2D eigenvalue weighted by Crippen LogP contribution is -2.60. The summed E-state index contributed by atoms with van der Waals surface area (Å²) in [7, 11) is 0. The van der Waals surface area contributed by atoms with Crippen molar-refractivity contribution in [2.24, 2.45) is 0 Å². The lowest BCUT2D eigenvalue weighted by molar-refractivity contribution is 0.488. The van der Waals surface area contributed by atoms with Crippen LogP contribution in [-0.2, 0) is 0 Å². The molecular formula is C27H23BN2O. The number of nitrogens with zero attached hydrogens (tertiary/aromatic N) is 2. The van der Waals surface area contributed by atoms with Gasteiger partial charge in [-0.3, -0.25) is 0 Å². The third kappa shape index (κ3) is 2.28. The van der Waals surface area contributed by atoms with Gasteiger partial charge in [0.2, 0.25) is 0 Å². The Bertz CT molecular complexity index is 1520. The molecule has 0 atom stereocenters. The van der Waals surface area contributed by atoms with Gasteiger partial charge in [-0.2, -0.15) is 0 Å². The molecule has 4 aromatic carbocycles. The van der Waals surface area contributed by atoms with E-state index >= 15 is 0 Å². The smallest absolute Gasteiger partial charge is 0.296 e. The number of para-hydroxylation sites is 1. The molecule has 150 valence electrons. The highest BCUT2D eigenvalue weighted by molar-refractivity contribution is 6.98. The molecule has 0 fully saturated rings. The van der Waals surface area contributed by atoms with Crippen molar-refractivity contribution in [2.75, 3.05) is 0 Å². The molecule has 5 aromatic rings. The molecule has 2 aliphatic heterocycles. The molecule has 0 spiro atoms. The molecule has 2 aliphatic rings. The minimum absolute atomic E-state index is 0.0701. The van der Waals surface area contributed by atoms with Gasteiger partial charge in [0.1, 0.15) is 11.5 Å². The Labute approximate surface area is 182 Å². The van der Waals surface area contributed by atoms with Crippen molar-refractivity contribution < 1.29 is 4.74 Å². The van der Waals surface area contributed by atoms with Gasteiger partial charge in [0.05, 0.1) is 22.4 Å². The molecule has 31 heavy (non-hydrogen) atoms. The van der Waals surface area contributed by atoms with E-state index < -0.39 is 0 Å². The summed E-state index contributed by atoms with van der Waals surface area (Å²) in [6, 6.07) is 23.6. The van der Waals surface area contributed by atoms with Gasteiger partial charge in [-0.05, 0) is 65.6 Å². The maximum Gasteiger partial charge on any atom is 0.296 e. The van der Waals surface area contributed by atoms with E-state index in [4.69, 9.17) is 9.72 Å². The largest absolute Gasteiger partial charge is 0.458 e. The Hall–Kier alpha value is -3.53. The summed E-state index contributed by atoms with van der Waals surface area (Å²) in [5.74, 6) is 1.87. The van der Waals surface area contributed by atoms with Gasteiger partial charge in [-0.15, -0.1) is 0 Å². The van der Waals surface area contributed by atoms with Crippen molar-refractivity contribution in [3.63, 3.8) is 0 Å². The Morgan fingerprint density at radius 1 is 0.839 bits per heavy atom. The third-order valence-electron chi connectivity index (χ3n) is 6.64. The van der Waals surface area contributed by atoms with Crippen LogP contribution in [0.25, 0.3) is 27.5 Å². The number of ether oxygens (including phenoxy) is 1. The van der Waals surface area contributed by atoms with Gasteiger partial charge in [0, 0.05) is 5.39 Å². The van der Waals surface area contributed by atoms with E-state index in [9.17, 15) is 0 Å². The zero-order valence-corrected chi connectivity index (χ0v) is 18.2. The summed E-state index contributed by atoms with van der Waals surface area (Å²) in [4.78, 5) is 5.23. The number of rotatable bonds is 0. The molecule has 0 radical (unpaired) electrons. The topological polar surface area (TPSA) is 27.1 Å². The second-order valence-electron chi connectivity index (χ2n) is 8.11. The second kappa shape index (κ2) is 6.48. The SMILES string of the molecule is CC.Cc1ccc2c(nc3n2-c2cccc4ccc5c(c24)B3c2ccccc2O5)c1C. The standard InChI is InChI=1S/C25H17BN2O.C2H6/c1-14-10-12-19-24(15(14)2)27-25-26-17-7-3-4-9-20(17)29-21-13-11-16-6-5-8-18(28(19)25)22(16)23(21)26;1-2/h3-13H,1-2H3;1-2H3. The molecule has 4 heteroatoms. The van der Waals surface area contributed by atoms with Crippen molar-refractivity contribution in [2.45, 2.75) is 27.7 Å². The summed E-state index contributed by atoms with van der Waals surface area (Å²) in [6.07, 6.45) is 0. The first-order valence-electron chi connectivity index (χ1n) is 11.0. The van der Waals surface area contributed by atoms with Gasteiger partial charge >= 0.3 is 0 Å². The van der Waals surface area contributed by atoms with Gasteiger partial charge in [-0.25, -0.2) is 4.98 Å². The molecular weight excluding hydrogens is 379 g/mol. The molecule has 1 aromatic heterocycles. The van der Waals surface area contributed by atoms with Crippen molar-refractivity contribution in [1.29, 1.82) is 0 Å². The van der Waals surface area contributed by atoms with Crippen LogP contribution >= 0.6 is 0 Å². The quantitative estimate of drug-likeness (QED) is 0.342. The Morgan fingerprint density at radius 3 is 2.55 bits per heavy atom. The highest BCUT2D eigenvalue weighted by Crippen LogP contribution is 2.35. The van der Waals surface area contributed by atoms with Gasteiger partial charge in [-0.1, -0.05) is 56.3 Å². The lowest BCUT2D eigenvalue weighted by Gasteiger charge is -2.32. The van der Waals surface area contributed by atoms with E-state index in [0.29, 0.717) is 0 Å². The molecule has 0 bridgehead atoms. The predicted molar refractivity (Wildman–Crippen MR) is 131 cm³/mol. The highest BCUT2D eigenvalue weighted by Gasteiger charge is 2.41. The van der Waals surface area contributed by atoms with Crippen LogP contribution in [0.15, 0.2) is 66.7 Å². The zero-order chi connectivity index (χ0) is 21.3. The first kappa shape index (κ1) is 18.3. The zero-order valence-electron chi connectivity index (χ0n) is 18.2. The van der Waals surface area contributed by atoms with E-state index in [1.807, 2.05) is 19.9 Å². The summed E-state index contributed by atoms with van der Waals surface area (Å²) >= 11 is 0. The van der Waals surface area contributed by atoms with Crippen molar-refractivity contribution in [1.82, 2.24) is 9.55 Å². The van der Waals surface area contributed by atoms with E-state index in [-0.39, 0.29) is 6.71 Å². The molecule has 0 saturated carbocycles. The monoisotopic (exact) mass is 402 g/mol. The Morgan fingerprint density at radius 2 is 1.68 bits per heavy atom. The van der Waals surface area contributed by atoms with Gasteiger partial charge < -0.3 is 9.30 Å². The number of fused-ring (bicyclic) bond motifs is 7. The van der Waals surface area contributed by atoms with Crippen LogP contribution in [-0.4, -0.2) is 16.3 Å². The Balaban J connectivity index is 0.000000902. The molecule has 0 unspecified atom stereocenters. The number of hydrogen-bond donors (Lipinski definition) is 0. The summed E-state index contributed by atoms with van der Waals surface area (Å²) < 4.78 is 8.71. The van der Waals surface area contributed by atoms with Crippen molar-refractivity contribution in [3.8, 4) is 17.2 Å². The fraction of sp³-hybridized carbons (Fsp3) is 0.148. The fourth-order valence-corrected chi connectivity index (χ4v) is 5.13. The molecule has 3 nitrogen and oxygen atoms in total. The van der Waals surface area contributed by atoms with E-state index in [1.165, 1.54) is 44.0 Å². The Kier molecular flexibility index (Phi) is 3.82. The third-order valence-corrected chi connectivity index (χ3v) is 6.64. The van der Waals surface area contributed by atoms with Crippen LogP contribution in [0.4, 0.5) is 0 Å². The summed E-state index contributed by atoms with van der Waals surface area (Å²) in [6.45, 7) is 8.40. The van der Waals surface area contributed by atoms with Crippen LogP contribution in [0.1, 0.15) is 25.0 Å². The molecule has 0 aliphatic carbocycles. The van der Waals surface area contributed by atoms with E-state index in [0.717, 1.165) is 22.7 Å². The lowest BCUT2D eigenvalue weighted by atomic mass is 9.37. The molecule has 0 N–H and O–H groups in total. The summed E-state index contributed by atoms with van der Waals surface area (Å²) in [5.41, 5.74) is 9.50. The van der Waals surface area contributed by atoms with Crippen LogP contribution in [0.3, 0.4) is 0 Å². The molecule has 0 saturated heterocycles. The predicted octanol–water partition coefficient (Wildman–Crippen LogP) is 4.76. The fourth-order valence-electron chi connectivity index (χ4n) is 5.13. The molecule has 3 heterocycles. The number of imidazole rings is 1. The van der Waals surface area contributed by atoms with E-state index in [2.05, 4.69) is 79.1 Å². The van der Waals surface area contributed by atoms with Crippen LogP contribution in [0.5, 0.6) is 11.5 Å². The average Bonchev–Trinajstić information content (AvgIpc) is 3.21. The maximum atomic E-state index is 6.34. The minimum Gasteiger partial charge on any atom is -0.458 e. The summed E-state index contributed by atoms with van der Waals surface area (Å²) in [5, 5.41) is 2.51. The highest BCUT2D eigenvalue weighted by atomic mass is 16.5. The van der Waals surface area contributed by atoms with Crippen molar-refractivity contribution in [3.05, 3.63) is 77.9 Å². The first-order valence-corrected chi connectivity index (χ1v) is 11.0. The second-order valence-corrected chi connectivity index (χ2v) is 8.11. The number of hydrogen-bond acceptors (Lipinski definition) is 2. The van der Waals surface area contributed by atoms with Crippen LogP contribution in [0.2, 0.25) is 0 Å². The minimum atomic E-state index is 0.0701. The van der Waals surface area contributed by atoms with Crippen LogP contribution in [0, 0.1) is 13.8 Å². The van der Waals surface area contributed by atoms with Crippen LogP contribution < -0.4 is 21.4 Å². The average molecular weight is 402 g/mol.